The van der Waals surface area contributed by atoms with E-state index in [1.807, 2.05) is 6.92 Å². The number of imidazole rings is 1. The van der Waals surface area contributed by atoms with Crippen LogP contribution in [0.4, 0.5) is 0 Å². The molecule has 1 atom stereocenters. The van der Waals surface area contributed by atoms with Crippen molar-refractivity contribution in [3.8, 4) is 0 Å². The lowest BCUT2D eigenvalue weighted by molar-refractivity contribution is 0.953. The average Bonchev–Trinajstić information content (AvgIpc) is 2.12. The van der Waals surface area contributed by atoms with Crippen molar-refractivity contribution in [2.24, 2.45) is 0 Å². The predicted molar refractivity (Wildman–Crippen MR) is 45.1 cm³/mol. The van der Waals surface area contributed by atoms with Gasteiger partial charge in [-0.3, -0.25) is 0 Å². The Morgan fingerprint density at radius 2 is 2.30 bits per heavy atom. The lowest BCUT2D eigenvalue weighted by atomic mass is 10.5. The van der Waals surface area contributed by atoms with Crippen molar-refractivity contribution >= 4 is 24.0 Å². The lowest BCUT2D eigenvalue weighted by Crippen LogP contribution is -1.84. The van der Waals surface area contributed by atoms with Crippen molar-refractivity contribution in [2.45, 2.75) is 12.3 Å². The van der Waals surface area contributed by atoms with Crippen LogP contribution in [0, 0.1) is 0 Å². The Bertz CT molecular complexity index is 150. The smallest absolute Gasteiger partial charge is 0.123 e. The molecule has 60 valence electrons. The van der Waals surface area contributed by atoms with Gasteiger partial charge in [0.1, 0.15) is 5.82 Å². The van der Waals surface area contributed by atoms with Crippen LogP contribution in [-0.4, -0.2) is 9.97 Å². The zero-order valence-electron chi connectivity index (χ0n) is 5.67. The number of aromatic amines is 1. The van der Waals surface area contributed by atoms with Crippen LogP contribution in [0.25, 0.3) is 0 Å². The Balaban J connectivity index is 0. The van der Waals surface area contributed by atoms with E-state index in [2.05, 4.69) is 9.97 Å². The van der Waals surface area contributed by atoms with E-state index >= 15 is 0 Å². The van der Waals surface area contributed by atoms with Crippen LogP contribution < -0.4 is 6.15 Å². The molecule has 0 saturated carbocycles. The highest BCUT2D eigenvalue weighted by Gasteiger charge is 1.99. The lowest BCUT2D eigenvalue weighted by Gasteiger charge is -1.92. The molecule has 5 heteroatoms. The zero-order chi connectivity index (χ0) is 5.98. The molecule has 1 heterocycles. The Hall–Kier alpha value is -0.250. The number of nitrogens with zero attached hydrogens (tertiary/aromatic N) is 1. The number of nitrogens with one attached hydrogen (secondary N) is 1. The molecule has 4 N–H and O–H groups in total. The molecule has 0 amide bonds. The van der Waals surface area contributed by atoms with Gasteiger partial charge in [-0.05, 0) is 6.92 Å². The molecule has 1 aromatic rings. The normalized spacial score (nSPS) is 11.0. The Labute approximate surface area is 71.2 Å². The van der Waals surface area contributed by atoms with Gasteiger partial charge in [-0.15, -0.1) is 24.0 Å². The molecule has 0 fully saturated rings. The summed E-state index contributed by atoms with van der Waals surface area (Å²) in [5.41, 5.74) is 0. The second kappa shape index (κ2) is 5.53. The molecule has 0 aliphatic rings. The molecular weight excluding hydrogens is 173 g/mol. The maximum Gasteiger partial charge on any atom is 0.123 e. The van der Waals surface area contributed by atoms with Crippen LogP contribution >= 0.6 is 24.0 Å². The molecule has 0 aliphatic heterocycles. The van der Waals surface area contributed by atoms with E-state index in [1.54, 1.807) is 12.4 Å². The third kappa shape index (κ3) is 3.06. The fourth-order valence-corrected chi connectivity index (χ4v) is 0.614. The number of rotatable bonds is 1. The quantitative estimate of drug-likeness (QED) is 0.657. The van der Waals surface area contributed by atoms with Crippen LogP contribution in [0.2, 0.25) is 0 Å². The number of hydrogen-bond acceptors (Lipinski definition) is 2. The summed E-state index contributed by atoms with van der Waals surface area (Å²) in [5.74, 6) is 0.826. The number of H-pyrrole nitrogens is 1. The van der Waals surface area contributed by atoms with Gasteiger partial charge in [-0.2, -0.15) is 0 Å². The molecule has 0 saturated heterocycles. The monoisotopic (exact) mass is 183 g/mol. The molecule has 3 nitrogen and oxygen atoms in total. The first-order chi connectivity index (χ1) is 3.80. The average molecular weight is 184 g/mol. The predicted octanol–water partition coefficient (Wildman–Crippen LogP) is 2.29. The Morgan fingerprint density at radius 1 is 1.70 bits per heavy atom. The van der Waals surface area contributed by atoms with E-state index in [4.69, 9.17) is 11.6 Å². The summed E-state index contributed by atoms with van der Waals surface area (Å²) in [4.78, 5) is 6.82. The second-order valence-electron chi connectivity index (χ2n) is 1.59. The molecule has 0 spiro atoms. The molecule has 1 unspecified atom stereocenters. The van der Waals surface area contributed by atoms with Crippen LogP contribution in [0.5, 0.6) is 0 Å². The topological polar surface area (TPSA) is 63.7 Å². The fourth-order valence-electron chi connectivity index (χ4n) is 0.495. The Kier molecular flexibility index (Phi) is 6.87. The van der Waals surface area contributed by atoms with Crippen molar-refractivity contribution in [3.63, 3.8) is 0 Å². The molecule has 0 radical (unpaired) electrons. The molecule has 0 aliphatic carbocycles. The van der Waals surface area contributed by atoms with Gasteiger partial charge >= 0.3 is 0 Å². The SMILES string of the molecule is CC(Cl)c1ncc[nH]1.Cl.N. The highest BCUT2D eigenvalue weighted by Crippen LogP contribution is 2.12. The fraction of sp³-hybridized carbons (Fsp3) is 0.400. The number of aromatic nitrogens is 2. The minimum atomic E-state index is -0.00926. The van der Waals surface area contributed by atoms with Gasteiger partial charge in [-0.1, -0.05) is 0 Å². The largest absolute Gasteiger partial charge is 0.347 e. The summed E-state index contributed by atoms with van der Waals surface area (Å²) in [6.45, 7) is 1.88. The summed E-state index contributed by atoms with van der Waals surface area (Å²) in [7, 11) is 0. The summed E-state index contributed by atoms with van der Waals surface area (Å²) >= 11 is 5.65. The van der Waals surface area contributed by atoms with Crippen LogP contribution in [0.1, 0.15) is 18.1 Å². The van der Waals surface area contributed by atoms with Gasteiger partial charge < -0.3 is 11.1 Å². The number of halogens is 2. The highest BCUT2D eigenvalue weighted by atomic mass is 35.5. The summed E-state index contributed by atoms with van der Waals surface area (Å²) in [5, 5.41) is -0.00926. The van der Waals surface area contributed by atoms with E-state index in [-0.39, 0.29) is 23.9 Å². The van der Waals surface area contributed by atoms with Gasteiger partial charge in [-0.25, -0.2) is 4.98 Å². The van der Waals surface area contributed by atoms with E-state index in [0.717, 1.165) is 5.82 Å². The standard InChI is InChI=1S/C5H7ClN2.ClH.H3N/c1-4(6)5-7-2-3-8-5;;/h2-4H,1H3,(H,7,8);1H;1H3. The summed E-state index contributed by atoms with van der Waals surface area (Å²) < 4.78 is 0. The third-order valence-electron chi connectivity index (χ3n) is 0.896. The maximum atomic E-state index is 5.65. The van der Waals surface area contributed by atoms with Crippen LogP contribution in [0.3, 0.4) is 0 Å². The Morgan fingerprint density at radius 3 is 2.50 bits per heavy atom. The number of hydrogen-bond donors (Lipinski definition) is 2. The van der Waals surface area contributed by atoms with Gasteiger partial charge in [0.25, 0.3) is 0 Å². The molecular formula is C5H11Cl2N3. The maximum absolute atomic E-state index is 5.65. The number of alkyl halides is 1. The van der Waals surface area contributed by atoms with Gasteiger partial charge in [0.15, 0.2) is 0 Å². The van der Waals surface area contributed by atoms with Gasteiger partial charge in [0.2, 0.25) is 0 Å². The first-order valence-corrected chi connectivity index (χ1v) is 2.87. The minimum absolute atomic E-state index is 0. The first kappa shape index (κ1) is 12.4. The van der Waals surface area contributed by atoms with Crippen molar-refractivity contribution in [3.05, 3.63) is 18.2 Å². The molecule has 0 bridgehead atoms. The van der Waals surface area contributed by atoms with Crippen LogP contribution in [0.15, 0.2) is 12.4 Å². The van der Waals surface area contributed by atoms with E-state index in [0.29, 0.717) is 0 Å². The second-order valence-corrected chi connectivity index (χ2v) is 2.25. The van der Waals surface area contributed by atoms with Crippen molar-refractivity contribution in [2.75, 3.05) is 0 Å². The highest BCUT2D eigenvalue weighted by molar-refractivity contribution is 6.20. The molecule has 1 rings (SSSR count). The third-order valence-corrected chi connectivity index (χ3v) is 1.10. The van der Waals surface area contributed by atoms with Gasteiger partial charge in [0, 0.05) is 12.4 Å². The van der Waals surface area contributed by atoms with E-state index in [9.17, 15) is 0 Å². The van der Waals surface area contributed by atoms with Crippen molar-refractivity contribution < 1.29 is 0 Å². The summed E-state index contributed by atoms with van der Waals surface area (Å²) in [6.07, 6.45) is 3.45. The van der Waals surface area contributed by atoms with Gasteiger partial charge in [0.05, 0.1) is 5.38 Å². The van der Waals surface area contributed by atoms with E-state index < -0.39 is 0 Å². The zero-order valence-corrected chi connectivity index (χ0v) is 7.25. The summed E-state index contributed by atoms with van der Waals surface area (Å²) in [6, 6.07) is 0. The van der Waals surface area contributed by atoms with E-state index in [1.165, 1.54) is 0 Å². The first-order valence-electron chi connectivity index (χ1n) is 2.44. The minimum Gasteiger partial charge on any atom is -0.347 e. The molecule has 1 aromatic heterocycles. The van der Waals surface area contributed by atoms with Crippen molar-refractivity contribution in [1.29, 1.82) is 0 Å². The molecule has 0 aromatic carbocycles. The molecule has 10 heavy (non-hydrogen) atoms. The van der Waals surface area contributed by atoms with Crippen LogP contribution in [-0.2, 0) is 0 Å². The van der Waals surface area contributed by atoms with Crippen molar-refractivity contribution in [1.82, 2.24) is 16.1 Å².